The van der Waals surface area contributed by atoms with Crippen molar-refractivity contribution in [1.82, 2.24) is 5.32 Å². The normalized spacial score (nSPS) is 12.4. The summed E-state index contributed by atoms with van der Waals surface area (Å²) in [5.41, 5.74) is 4.09. The predicted molar refractivity (Wildman–Crippen MR) is 98.2 cm³/mol. The van der Waals surface area contributed by atoms with Crippen LogP contribution in [0.4, 0.5) is 0 Å². The van der Waals surface area contributed by atoms with Crippen molar-refractivity contribution in [2.24, 2.45) is 0 Å². The van der Waals surface area contributed by atoms with Gasteiger partial charge in [0.05, 0.1) is 0 Å². The van der Waals surface area contributed by atoms with E-state index in [0.717, 1.165) is 17.4 Å². The molecule has 0 saturated heterocycles. The highest BCUT2D eigenvalue weighted by Gasteiger charge is 2.13. The van der Waals surface area contributed by atoms with E-state index in [9.17, 15) is 0 Å². The van der Waals surface area contributed by atoms with E-state index in [1.54, 1.807) is 0 Å². The Balaban J connectivity index is 2.24. The van der Waals surface area contributed by atoms with E-state index in [1.165, 1.54) is 20.3 Å². The Hall–Kier alpha value is -0.390. The molecule has 0 aromatic heterocycles. The number of halogens is 2. The molecule has 2 aromatic carbocycles. The molecule has 1 atom stereocenters. The maximum atomic E-state index is 3.61. The van der Waals surface area contributed by atoms with Crippen LogP contribution in [0.15, 0.2) is 46.9 Å². The molecule has 2 rings (SSSR count). The number of rotatable bonds is 5. The van der Waals surface area contributed by atoms with Crippen molar-refractivity contribution in [3.05, 3.63) is 67.2 Å². The Bertz CT molecular complexity index is 566. The molecule has 0 amide bonds. The molecule has 0 aliphatic heterocycles. The fraction of sp³-hybridized carbons (Fsp3) is 0.294. The van der Waals surface area contributed by atoms with Gasteiger partial charge in [0, 0.05) is 14.1 Å². The summed E-state index contributed by atoms with van der Waals surface area (Å²) in [4.78, 5) is 0. The molecule has 0 radical (unpaired) electrons. The van der Waals surface area contributed by atoms with Crippen LogP contribution >= 0.6 is 38.5 Å². The minimum absolute atomic E-state index is 0.369. The second-order valence-electron chi connectivity index (χ2n) is 4.94. The van der Waals surface area contributed by atoms with Gasteiger partial charge in [-0.2, -0.15) is 0 Å². The first-order chi connectivity index (χ1) is 9.60. The van der Waals surface area contributed by atoms with E-state index >= 15 is 0 Å². The number of aryl methyl sites for hydroxylation is 1. The summed E-state index contributed by atoms with van der Waals surface area (Å²) in [6.07, 6.45) is 1.02. The van der Waals surface area contributed by atoms with Gasteiger partial charge in [-0.1, -0.05) is 41.1 Å². The Morgan fingerprint density at radius 1 is 1.15 bits per heavy atom. The second kappa shape index (κ2) is 7.57. The number of benzene rings is 2. The number of hydrogen-bond acceptors (Lipinski definition) is 1. The molecule has 0 aliphatic carbocycles. The molecule has 0 fully saturated rings. The molecule has 1 N–H and O–H groups in total. The maximum absolute atomic E-state index is 3.61. The first-order valence-electron chi connectivity index (χ1n) is 6.84. The van der Waals surface area contributed by atoms with E-state index < -0.39 is 0 Å². The van der Waals surface area contributed by atoms with Crippen LogP contribution in [0.2, 0.25) is 0 Å². The molecule has 2 aromatic rings. The third-order valence-electron chi connectivity index (χ3n) is 3.41. The van der Waals surface area contributed by atoms with Gasteiger partial charge in [-0.15, -0.1) is 0 Å². The molecule has 0 bridgehead atoms. The zero-order valence-electron chi connectivity index (χ0n) is 11.8. The van der Waals surface area contributed by atoms with E-state index in [0.29, 0.717) is 6.04 Å². The Morgan fingerprint density at radius 2 is 1.85 bits per heavy atom. The summed E-state index contributed by atoms with van der Waals surface area (Å²) in [7, 11) is 0. The van der Waals surface area contributed by atoms with Crippen LogP contribution in [0.25, 0.3) is 0 Å². The van der Waals surface area contributed by atoms with E-state index in [1.807, 2.05) is 0 Å². The molecule has 0 saturated carbocycles. The van der Waals surface area contributed by atoms with E-state index in [2.05, 4.69) is 100 Å². The van der Waals surface area contributed by atoms with Crippen molar-refractivity contribution in [2.45, 2.75) is 26.3 Å². The van der Waals surface area contributed by atoms with Crippen molar-refractivity contribution >= 4 is 38.5 Å². The zero-order valence-corrected chi connectivity index (χ0v) is 15.5. The maximum Gasteiger partial charge on any atom is 0.0363 e. The smallest absolute Gasteiger partial charge is 0.0363 e. The van der Waals surface area contributed by atoms with Crippen LogP contribution in [-0.2, 0) is 6.42 Å². The lowest BCUT2D eigenvalue weighted by molar-refractivity contribution is 0.547. The average Bonchev–Trinajstić information content (AvgIpc) is 2.41. The summed E-state index contributed by atoms with van der Waals surface area (Å²) in [5.74, 6) is 0. The van der Waals surface area contributed by atoms with Crippen LogP contribution in [0, 0.1) is 10.5 Å². The van der Waals surface area contributed by atoms with Crippen molar-refractivity contribution in [2.75, 3.05) is 6.54 Å². The van der Waals surface area contributed by atoms with E-state index in [-0.39, 0.29) is 0 Å². The van der Waals surface area contributed by atoms with Crippen molar-refractivity contribution in [3.63, 3.8) is 0 Å². The number of nitrogens with one attached hydrogen (secondary N) is 1. The topological polar surface area (TPSA) is 12.0 Å². The highest BCUT2D eigenvalue weighted by Crippen LogP contribution is 2.25. The lowest BCUT2D eigenvalue weighted by Gasteiger charge is -2.21. The first-order valence-corrected chi connectivity index (χ1v) is 8.71. The molecule has 106 valence electrons. The van der Waals surface area contributed by atoms with Gasteiger partial charge in [0.1, 0.15) is 0 Å². The summed E-state index contributed by atoms with van der Waals surface area (Å²) < 4.78 is 2.43. The lowest BCUT2D eigenvalue weighted by Crippen LogP contribution is -2.23. The van der Waals surface area contributed by atoms with Gasteiger partial charge in [-0.3, -0.25) is 0 Å². The molecular weight excluding hydrogens is 425 g/mol. The second-order valence-corrected chi connectivity index (χ2v) is 7.10. The fourth-order valence-electron chi connectivity index (χ4n) is 2.42. The van der Waals surface area contributed by atoms with Gasteiger partial charge in [0.2, 0.25) is 0 Å². The third kappa shape index (κ3) is 4.30. The first kappa shape index (κ1) is 16.0. The Labute approximate surface area is 143 Å². The van der Waals surface area contributed by atoms with Gasteiger partial charge < -0.3 is 5.32 Å². The molecule has 1 unspecified atom stereocenters. The summed E-state index contributed by atoms with van der Waals surface area (Å²) in [5, 5.41) is 3.61. The monoisotopic (exact) mass is 443 g/mol. The van der Waals surface area contributed by atoms with Gasteiger partial charge >= 0.3 is 0 Å². The predicted octanol–water partition coefficient (Wildman–Crippen LogP) is 5.26. The largest absolute Gasteiger partial charge is 0.310 e. The number of hydrogen-bond donors (Lipinski definition) is 1. The fourth-order valence-corrected chi connectivity index (χ4v) is 3.26. The quantitative estimate of drug-likeness (QED) is 0.622. The van der Waals surface area contributed by atoms with E-state index in [4.69, 9.17) is 0 Å². The van der Waals surface area contributed by atoms with Gasteiger partial charge in [0.15, 0.2) is 0 Å². The van der Waals surface area contributed by atoms with Crippen LogP contribution in [0.3, 0.4) is 0 Å². The van der Waals surface area contributed by atoms with Crippen LogP contribution in [-0.4, -0.2) is 6.54 Å². The third-order valence-corrected chi connectivity index (χ3v) is 4.62. The molecule has 20 heavy (non-hydrogen) atoms. The summed E-state index contributed by atoms with van der Waals surface area (Å²) in [6, 6.07) is 15.7. The van der Waals surface area contributed by atoms with Gasteiger partial charge in [0.25, 0.3) is 0 Å². The van der Waals surface area contributed by atoms with Crippen molar-refractivity contribution < 1.29 is 0 Å². The molecule has 0 spiro atoms. The van der Waals surface area contributed by atoms with Gasteiger partial charge in [-0.25, -0.2) is 0 Å². The van der Waals surface area contributed by atoms with Gasteiger partial charge in [-0.05, 0) is 83.4 Å². The average molecular weight is 444 g/mol. The molecule has 3 heteroatoms. The molecule has 0 aliphatic rings. The lowest BCUT2D eigenvalue weighted by atomic mass is 9.95. The SMILES string of the molecule is CCNC(Cc1ccc(I)cc1)c1ccc(Br)cc1C. The minimum Gasteiger partial charge on any atom is -0.310 e. The summed E-state index contributed by atoms with van der Waals surface area (Å²) in [6.45, 7) is 5.32. The molecular formula is C17H19BrIN. The van der Waals surface area contributed by atoms with Crippen LogP contribution in [0.5, 0.6) is 0 Å². The molecule has 1 nitrogen and oxygen atoms in total. The van der Waals surface area contributed by atoms with Crippen molar-refractivity contribution in [1.29, 1.82) is 0 Å². The standard InChI is InChI=1S/C17H19BrIN/c1-3-20-17(11-13-4-7-15(19)8-5-13)16-9-6-14(18)10-12(16)2/h4-10,17,20H,3,11H2,1-2H3. The van der Waals surface area contributed by atoms with Crippen molar-refractivity contribution in [3.8, 4) is 0 Å². The van der Waals surface area contributed by atoms with Crippen LogP contribution in [0.1, 0.15) is 29.7 Å². The minimum atomic E-state index is 0.369. The van der Waals surface area contributed by atoms with Crippen LogP contribution < -0.4 is 5.32 Å². The highest BCUT2D eigenvalue weighted by molar-refractivity contribution is 14.1. The Kier molecular flexibility index (Phi) is 6.05. The Morgan fingerprint density at radius 3 is 2.45 bits per heavy atom. The number of likely N-dealkylation sites (N-methyl/N-ethyl adjacent to an activating group) is 1. The molecule has 0 heterocycles. The zero-order chi connectivity index (χ0) is 14.5. The summed E-state index contributed by atoms with van der Waals surface area (Å²) >= 11 is 5.88. The highest BCUT2D eigenvalue weighted by atomic mass is 127.